The molecule has 4 nitrogen and oxygen atoms in total. The summed E-state index contributed by atoms with van der Waals surface area (Å²) in [5.41, 5.74) is -3.37. The number of hydrogen-bond acceptors (Lipinski definition) is 4. The maximum Gasteiger partial charge on any atom is 0.478 e. The van der Waals surface area contributed by atoms with E-state index >= 15 is 0 Å². The largest absolute Gasteiger partial charge is 0.478 e. The second-order valence-corrected chi connectivity index (χ2v) is 6.94. The Labute approximate surface area is 140 Å². The molecule has 0 N–H and O–H groups in total. The Morgan fingerprint density at radius 1 is 0.609 bits per heavy atom. The summed E-state index contributed by atoms with van der Waals surface area (Å²) in [6.45, 7) is 26.8. The molecule has 0 radical (unpaired) electrons. The highest BCUT2D eigenvalue weighted by Crippen LogP contribution is 2.58. The minimum Gasteiger partial charge on any atom is -0.272 e. The van der Waals surface area contributed by atoms with Gasteiger partial charge in [0.25, 0.3) is 0 Å². The SMILES string of the molecule is C=CC(C)(C=C)OP(=O)(OC(C)(C=C)C=C)OC(C)(C=C)C=C. The smallest absolute Gasteiger partial charge is 0.272 e. The van der Waals surface area contributed by atoms with Gasteiger partial charge in [0.15, 0.2) is 0 Å². The summed E-state index contributed by atoms with van der Waals surface area (Å²) in [6, 6.07) is 0. The van der Waals surface area contributed by atoms with Crippen LogP contribution in [-0.2, 0) is 18.1 Å². The van der Waals surface area contributed by atoms with Crippen LogP contribution < -0.4 is 0 Å². The van der Waals surface area contributed by atoms with Gasteiger partial charge in [-0.15, -0.1) is 0 Å². The highest BCUT2D eigenvalue weighted by molar-refractivity contribution is 7.48. The quantitative estimate of drug-likeness (QED) is 0.346. The molecule has 0 bridgehead atoms. The van der Waals surface area contributed by atoms with Crippen LogP contribution in [0.1, 0.15) is 20.8 Å². The Morgan fingerprint density at radius 3 is 0.913 bits per heavy atom. The average Bonchev–Trinajstić information content (AvgIpc) is 2.53. The molecule has 0 spiro atoms. The molecule has 0 saturated heterocycles. The third kappa shape index (κ3) is 5.92. The van der Waals surface area contributed by atoms with Gasteiger partial charge in [0.05, 0.1) is 0 Å². The van der Waals surface area contributed by atoms with Crippen LogP contribution in [0.3, 0.4) is 0 Å². The van der Waals surface area contributed by atoms with Gasteiger partial charge in [-0.3, -0.25) is 13.6 Å². The molecule has 0 saturated carbocycles. The molecule has 0 aromatic heterocycles. The molecule has 0 rings (SSSR count). The molecule has 5 heteroatoms. The highest BCUT2D eigenvalue weighted by atomic mass is 31.2. The monoisotopic (exact) mass is 338 g/mol. The number of rotatable bonds is 12. The van der Waals surface area contributed by atoms with Crippen molar-refractivity contribution >= 4 is 7.82 Å². The molecule has 0 aliphatic rings. The molecule has 0 aliphatic heterocycles. The summed E-state index contributed by atoms with van der Waals surface area (Å²) in [5.74, 6) is 0. The lowest BCUT2D eigenvalue weighted by atomic mass is 10.1. The lowest BCUT2D eigenvalue weighted by Crippen LogP contribution is -2.31. The fourth-order valence-corrected chi connectivity index (χ4v) is 3.26. The maximum absolute atomic E-state index is 13.3. The van der Waals surface area contributed by atoms with Gasteiger partial charge in [-0.1, -0.05) is 75.9 Å². The highest BCUT2D eigenvalue weighted by Gasteiger charge is 2.43. The van der Waals surface area contributed by atoms with Crippen LogP contribution in [0, 0.1) is 0 Å². The molecular weight excluding hydrogens is 311 g/mol. The first kappa shape index (κ1) is 21.6. The van der Waals surface area contributed by atoms with Crippen molar-refractivity contribution in [3.63, 3.8) is 0 Å². The van der Waals surface area contributed by atoms with Crippen molar-refractivity contribution < 1.29 is 18.1 Å². The predicted molar refractivity (Wildman–Crippen MR) is 97.3 cm³/mol. The van der Waals surface area contributed by atoms with E-state index in [2.05, 4.69) is 39.5 Å². The summed E-state index contributed by atoms with van der Waals surface area (Å²) in [5, 5.41) is 0. The van der Waals surface area contributed by atoms with Crippen LogP contribution in [0.5, 0.6) is 0 Å². The molecule has 0 aliphatic carbocycles. The Balaban J connectivity index is 5.92. The molecule has 128 valence electrons. The van der Waals surface area contributed by atoms with E-state index in [-0.39, 0.29) is 0 Å². The van der Waals surface area contributed by atoms with E-state index in [9.17, 15) is 4.57 Å². The van der Waals surface area contributed by atoms with Gasteiger partial charge in [-0.2, -0.15) is 0 Å². The van der Waals surface area contributed by atoms with Gasteiger partial charge in [0.2, 0.25) is 0 Å². The number of phosphoric acid groups is 1. The molecule has 0 aromatic carbocycles. The van der Waals surface area contributed by atoms with E-state index in [4.69, 9.17) is 13.6 Å². The van der Waals surface area contributed by atoms with Crippen LogP contribution in [0.2, 0.25) is 0 Å². The van der Waals surface area contributed by atoms with Crippen molar-refractivity contribution in [2.45, 2.75) is 37.6 Å². The van der Waals surface area contributed by atoms with Crippen molar-refractivity contribution in [3.05, 3.63) is 75.9 Å². The Bertz CT molecular complexity index is 447. The lowest BCUT2D eigenvalue weighted by molar-refractivity contribution is 0.0180. The molecule has 0 heterocycles. The van der Waals surface area contributed by atoms with Crippen molar-refractivity contribution in [3.8, 4) is 0 Å². The average molecular weight is 338 g/mol. The third-order valence-corrected chi connectivity index (χ3v) is 5.21. The standard InChI is InChI=1S/C18H27O4P/c1-10-16(7,11-2)20-23(19,21-17(8,12-3)13-4)22-18(9,14-5)15-6/h10-15H,1-6H2,7-9H3. The zero-order valence-electron chi connectivity index (χ0n) is 14.3. The summed E-state index contributed by atoms with van der Waals surface area (Å²) in [7, 11) is -4.11. The van der Waals surface area contributed by atoms with E-state index < -0.39 is 24.6 Å². The zero-order chi connectivity index (χ0) is 18.4. The van der Waals surface area contributed by atoms with Crippen LogP contribution >= 0.6 is 7.82 Å². The summed E-state index contributed by atoms with van der Waals surface area (Å²) in [4.78, 5) is 0. The van der Waals surface area contributed by atoms with Crippen molar-refractivity contribution in [1.29, 1.82) is 0 Å². The summed E-state index contributed by atoms with van der Waals surface area (Å²) in [6.07, 6.45) is 8.65. The summed E-state index contributed by atoms with van der Waals surface area (Å²) >= 11 is 0. The van der Waals surface area contributed by atoms with Crippen molar-refractivity contribution in [1.82, 2.24) is 0 Å². The molecule has 0 aromatic rings. The lowest BCUT2D eigenvalue weighted by Gasteiger charge is -2.35. The van der Waals surface area contributed by atoms with Gasteiger partial charge in [0.1, 0.15) is 16.8 Å². The third-order valence-electron chi connectivity index (χ3n) is 3.36. The van der Waals surface area contributed by atoms with Gasteiger partial charge in [-0.05, 0) is 20.8 Å². The second-order valence-electron chi connectivity index (χ2n) is 5.50. The van der Waals surface area contributed by atoms with E-state index in [1.54, 1.807) is 20.8 Å². The Hall–Kier alpha value is -1.45. The molecular formula is C18H27O4P. The van der Waals surface area contributed by atoms with E-state index in [1.165, 1.54) is 36.5 Å². The fraction of sp³-hybridized carbons (Fsp3) is 0.333. The zero-order valence-corrected chi connectivity index (χ0v) is 15.2. The minimum atomic E-state index is -4.11. The summed E-state index contributed by atoms with van der Waals surface area (Å²) < 4.78 is 30.1. The molecule has 0 unspecified atom stereocenters. The van der Waals surface area contributed by atoms with Crippen molar-refractivity contribution in [2.24, 2.45) is 0 Å². The van der Waals surface area contributed by atoms with Crippen LogP contribution in [0.25, 0.3) is 0 Å². The first-order valence-electron chi connectivity index (χ1n) is 7.02. The van der Waals surface area contributed by atoms with Gasteiger partial charge < -0.3 is 0 Å². The molecule has 0 amide bonds. The molecule has 23 heavy (non-hydrogen) atoms. The predicted octanol–water partition coefficient (Wildman–Crippen LogP) is 5.54. The molecule has 0 atom stereocenters. The topological polar surface area (TPSA) is 44.8 Å². The van der Waals surface area contributed by atoms with Crippen molar-refractivity contribution in [2.75, 3.05) is 0 Å². The normalized spacial score (nSPS) is 13.0. The van der Waals surface area contributed by atoms with Crippen LogP contribution in [0.15, 0.2) is 75.9 Å². The fourth-order valence-electron chi connectivity index (χ4n) is 1.25. The van der Waals surface area contributed by atoms with E-state index in [0.29, 0.717) is 0 Å². The van der Waals surface area contributed by atoms with Crippen LogP contribution in [-0.4, -0.2) is 16.8 Å². The minimum absolute atomic E-state index is 1.12. The number of hydrogen-bond donors (Lipinski definition) is 0. The van der Waals surface area contributed by atoms with Gasteiger partial charge in [0, 0.05) is 0 Å². The number of phosphoric ester groups is 1. The Morgan fingerprint density at radius 2 is 0.783 bits per heavy atom. The Kier molecular flexibility index (Phi) is 7.39. The first-order valence-corrected chi connectivity index (χ1v) is 8.48. The molecule has 0 fully saturated rings. The first-order chi connectivity index (χ1) is 10.5. The maximum atomic E-state index is 13.3. The van der Waals surface area contributed by atoms with Gasteiger partial charge in [-0.25, -0.2) is 4.57 Å². The van der Waals surface area contributed by atoms with Gasteiger partial charge >= 0.3 is 7.82 Å². The second kappa shape index (κ2) is 7.89. The van der Waals surface area contributed by atoms with E-state index in [0.717, 1.165) is 0 Å². The van der Waals surface area contributed by atoms with E-state index in [1.807, 2.05) is 0 Å². The van der Waals surface area contributed by atoms with Crippen LogP contribution in [0.4, 0.5) is 0 Å².